The molecule has 1 atom stereocenters. The van der Waals surface area contributed by atoms with Crippen LogP contribution in [0, 0.1) is 19.7 Å². The lowest BCUT2D eigenvalue weighted by molar-refractivity contribution is -0.0121. The number of carbonyl (C=O) groups excluding carboxylic acids is 1. The van der Waals surface area contributed by atoms with Gasteiger partial charge in [-0.15, -0.1) is 0 Å². The van der Waals surface area contributed by atoms with Gasteiger partial charge >= 0.3 is 0 Å². The van der Waals surface area contributed by atoms with Crippen molar-refractivity contribution in [3.63, 3.8) is 0 Å². The van der Waals surface area contributed by atoms with Gasteiger partial charge in [0.1, 0.15) is 11.9 Å². The molecule has 1 aromatic heterocycles. The van der Waals surface area contributed by atoms with Crippen LogP contribution in [0.15, 0.2) is 22.7 Å². The van der Waals surface area contributed by atoms with Crippen LogP contribution in [-0.2, 0) is 4.74 Å². The summed E-state index contributed by atoms with van der Waals surface area (Å²) < 4.78 is 24.6. The molecule has 3 rings (SSSR count). The maximum atomic E-state index is 14.1. The number of hydrogen-bond acceptors (Lipinski definition) is 5. The van der Waals surface area contributed by atoms with Crippen molar-refractivity contribution in [2.45, 2.75) is 19.9 Å². The number of rotatable bonds is 2. The number of nitrogens with zero attached hydrogens (tertiary/aromatic N) is 3. The molecule has 22 heavy (non-hydrogen) atoms. The molecule has 1 unspecified atom stereocenters. The smallest absolute Gasteiger partial charge is 0.257 e. The van der Waals surface area contributed by atoms with Crippen molar-refractivity contribution in [1.29, 1.82) is 0 Å². The van der Waals surface area contributed by atoms with Crippen LogP contribution in [0.25, 0.3) is 0 Å². The lowest BCUT2D eigenvalue weighted by Crippen LogP contribution is -2.43. The molecule has 116 valence electrons. The first-order chi connectivity index (χ1) is 10.6. The fourth-order valence-electron chi connectivity index (χ4n) is 2.45. The van der Waals surface area contributed by atoms with Crippen molar-refractivity contribution in [3.05, 3.63) is 46.9 Å². The maximum Gasteiger partial charge on any atom is 0.257 e. The van der Waals surface area contributed by atoms with E-state index in [1.807, 2.05) is 0 Å². The van der Waals surface area contributed by atoms with Crippen molar-refractivity contribution < 1.29 is 18.4 Å². The monoisotopic (exact) mass is 305 g/mol. The van der Waals surface area contributed by atoms with E-state index in [4.69, 9.17) is 9.26 Å². The standard InChI is InChI=1S/C15H16FN3O3/c1-9-3-4-11(12(16)7-9)15(20)19-5-6-21-8-13(19)14-17-10(2)18-22-14/h3-4,7,13H,5-6,8H2,1-2H3. The minimum atomic E-state index is -0.531. The minimum absolute atomic E-state index is 0.0359. The van der Waals surface area contributed by atoms with Crippen LogP contribution in [0.3, 0.4) is 0 Å². The second kappa shape index (κ2) is 5.84. The van der Waals surface area contributed by atoms with Crippen LogP contribution in [-0.4, -0.2) is 40.7 Å². The summed E-state index contributed by atoms with van der Waals surface area (Å²) >= 11 is 0. The number of ether oxygens (including phenoxy) is 1. The van der Waals surface area contributed by atoms with E-state index < -0.39 is 17.8 Å². The van der Waals surface area contributed by atoms with E-state index in [1.54, 1.807) is 19.9 Å². The number of benzene rings is 1. The highest BCUT2D eigenvalue weighted by Crippen LogP contribution is 2.25. The Balaban J connectivity index is 1.91. The molecule has 0 saturated carbocycles. The second-order valence-electron chi connectivity index (χ2n) is 5.25. The van der Waals surface area contributed by atoms with E-state index in [1.165, 1.54) is 17.0 Å². The van der Waals surface area contributed by atoms with Gasteiger partial charge in [0, 0.05) is 6.54 Å². The van der Waals surface area contributed by atoms with Gasteiger partial charge in [-0.3, -0.25) is 4.79 Å². The van der Waals surface area contributed by atoms with E-state index in [-0.39, 0.29) is 12.2 Å². The Hall–Kier alpha value is -2.28. The normalized spacial score (nSPS) is 18.5. The lowest BCUT2D eigenvalue weighted by Gasteiger charge is -2.33. The maximum absolute atomic E-state index is 14.1. The molecule has 1 aromatic carbocycles. The van der Waals surface area contributed by atoms with Crippen molar-refractivity contribution in [3.8, 4) is 0 Å². The number of morpholine rings is 1. The van der Waals surface area contributed by atoms with E-state index in [0.717, 1.165) is 5.56 Å². The van der Waals surface area contributed by atoms with Crippen molar-refractivity contribution in [2.75, 3.05) is 19.8 Å². The van der Waals surface area contributed by atoms with Gasteiger partial charge in [-0.1, -0.05) is 11.2 Å². The SMILES string of the molecule is Cc1ccc(C(=O)N2CCOCC2c2nc(C)no2)c(F)c1. The van der Waals surface area contributed by atoms with Crippen molar-refractivity contribution >= 4 is 5.91 Å². The van der Waals surface area contributed by atoms with Gasteiger partial charge in [-0.25, -0.2) is 4.39 Å². The Morgan fingerprint density at radius 2 is 2.23 bits per heavy atom. The summed E-state index contributed by atoms with van der Waals surface area (Å²) in [7, 11) is 0. The topological polar surface area (TPSA) is 68.5 Å². The molecule has 1 aliphatic rings. The summed E-state index contributed by atoms with van der Waals surface area (Å²) in [6.45, 7) is 4.46. The molecule has 7 heteroatoms. The molecular weight excluding hydrogens is 289 g/mol. The number of carbonyl (C=O) groups is 1. The van der Waals surface area contributed by atoms with Gasteiger partial charge in [-0.2, -0.15) is 4.98 Å². The zero-order chi connectivity index (χ0) is 15.7. The molecule has 6 nitrogen and oxygen atoms in total. The van der Waals surface area contributed by atoms with Gasteiger partial charge in [-0.05, 0) is 31.5 Å². The largest absolute Gasteiger partial charge is 0.377 e. The number of aromatic nitrogens is 2. The molecule has 0 bridgehead atoms. The van der Waals surface area contributed by atoms with E-state index in [2.05, 4.69) is 10.1 Å². The van der Waals surface area contributed by atoms with Crippen molar-refractivity contribution in [1.82, 2.24) is 15.0 Å². The van der Waals surface area contributed by atoms with Crippen LogP contribution in [0.4, 0.5) is 4.39 Å². The molecule has 0 aliphatic carbocycles. The quantitative estimate of drug-likeness (QED) is 0.849. The highest BCUT2D eigenvalue weighted by molar-refractivity contribution is 5.94. The van der Waals surface area contributed by atoms with Gasteiger partial charge in [0.25, 0.3) is 11.8 Å². The van der Waals surface area contributed by atoms with Crippen LogP contribution >= 0.6 is 0 Å². The van der Waals surface area contributed by atoms with E-state index in [9.17, 15) is 9.18 Å². The first kappa shape index (κ1) is 14.6. The molecule has 0 radical (unpaired) electrons. The first-order valence-electron chi connectivity index (χ1n) is 7.01. The summed E-state index contributed by atoms with van der Waals surface area (Å²) in [5.74, 6) is -0.147. The fraction of sp³-hybridized carbons (Fsp3) is 0.400. The van der Waals surface area contributed by atoms with Gasteiger partial charge in [0.05, 0.1) is 18.8 Å². The Kier molecular flexibility index (Phi) is 3.89. The van der Waals surface area contributed by atoms with Gasteiger partial charge in [0.2, 0.25) is 0 Å². The average Bonchev–Trinajstić information content (AvgIpc) is 2.93. The number of halogens is 1. The first-order valence-corrected chi connectivity index (χ1v) is 7.01. The molecule has 0 N–H and O–H groups in total. The molecule has 2 aromatic rings. The summed E-state index contributed by atoms with van der Waals surface area (Å²) in [6.07, 6.45) is 0. The third kappa shape index (κ3) is 2.71. The Morgan fingerprint density at radius 3 is 2.91 bits per heavy atom. The Bertz CT molecular complexity index is 701. The van der Waals surface area contributed by atoms with E-state index in [0.29, 0.717) is 24.9 Å². The molecule has 0 spiro atoms. The summed E-state index contributed by atoms with van der Waals surface area (Å²) in [4.78, 5) is 18.3. The average molecular weight is 305 g/mol. The Morgan fingerprint density at radius 1 is 1.41 bits per heavy atom. The highest BCUT2D eigenvalue weighted by atomic mass is 19.1. The predicted molar refractivity (Wildman–Crippen MR) is 74.8 cm³/mol. The van der Waals surface area contributed by atoms with Crippen LogP contribution in [0.2, 0.25) is 0 Å². The molecule has 1 aliphatic heterocycles. The molecule has 1 amide bonds. The van der Waals surface area contributed by atoms with Gasteiger partial charge < -0.3 is 14.2 Å². The number of aryl methyl sites for hydroxylation is 2. The van der Waals surface area contributed by atoms with E-state index >= 15 is 0 Å². The fourth-order valence-corrected chi connectivity index (χ4v) is 2.45. The third-order valence-electron chi connectivity index (χ3n) is 3.57. The number of hydrogen-bond donors (Lipinski definition) is 0. The number of amides is 1. The zero-order valence-electron chi connectivity index (χ0n) is 12.4. The van der Waals surface area contributed by atoms with Gasteiger partial charge in [0.15, 0.2) is 5.82 Å². The van der Waals surface area contributed by atoms with Crippen LogP contribution in [0.5, 0.6) is 0 Å². The molecular formula is C15H16FN3O3. The molecule has 1 fully saturated rings. The minimum Gasteiger partial charge on any atom is -0.377 e. The van der Waals surface area contributed by atoms with Crippen LogP contribution in [0.1, 0.15) is 33.7 Å². The summed E-state index contributed by atoms with van der Waals surface area (Å²) in [5, 5.41) is 3.73. The zero-order valence-corrected chi connectivity index (χ0v) is 12.4. The summed E-state index contributed by atoms with van der Waals surface area (Å²) in [6, 6.07) is 4.06. The third-order valence-corrected chi connectivity index (χ3v) is 3.57. The molecule has 2 heterocycles. The lowest BCUT2D eigenvalue weighted by atomic mass is 10.1. The summed E-state index contributed by atoms with van der Waals surface area (Å²) in [5.41, 5.74) is 0.800. The highest BCUT2D eigenvalue weighted by Gasteiger charge is 2.34. The molecule has 1 saturated heterocycles. The Labute approximate surface area is 126 Å². The predicted octanol–water partition coefficient (Wildman–Crippen LogP) is 2.04. The second-order valence-corrected chi connectivity index (χ2v) is 5.25. The van der Waals surface area contributed by atoms with Crippen LogP contribution < -0.4 is 0 Å². The van der Waals surface area contributed by atoms with Crippen molar-refractivity contribution in [2.24, 2.45) is 0 Å².